The summed E-state index contributed by atoms with van der Waals surface area (Å²) in [5, 5.41) is 6.85. The van der Waals surface area contributed by atoms with E-state index in [-0.39, 0.29) is 0 Å². The Bertz CT molecular complexity index is 421. The molecule has 1 atom stereocenters. The number of rotatable bonds is 7. The standard InChI is InChI=1S/C15H27N5/c1-4-8-16-14-12(3)15(19-11-18-14)17-10-13-7-6-9-20(13)5-2/h11,13H,4-10H2,1-3H3,(H2,16,17,18,19). The lowest BCUT2D eigenvalue weighted by molar-refractivity contribution is 0.277. The summed E-state index contributed by atoms with van der Waals surface area (Å²) in [6.07, 6.45) is 5.33. The number of nitrogens with one attached hydrogen (secondary N) is 2. The molecule has 0 amide bonds. The summed E-state index contributed by atoms with van der Waals surface area (Å²) in [6.45, 7) is 10.8. The van der Waals surface area contributed by atoms with Crippen LogP contribution < -0.4 is 10.6 Å². The Morgan fingerprint density at radius 2 is 2.00 bits per heavy atom. The first-order chi connectivity index (χ1) is 9.76. The third kappa shape index (κ3) is 3.60. The zero-order valence-corrected chi connectivity index (χ0v) is 12.9. The van der Waals surface area contributed by atoms with Crippen LogP contribution in [0.25, 0.3) is 0 Å². The van der Waals surface area contributed by atoms with E-state index in [4.69, 9.17) is 0 Å². The van der Waals surface area contributed by atoms with Crippen molar-refractivity contribution in [2.24, 2.45) is 0 Å². The number of aromatic nitrogens is 2. The first-order valence-corrected chi connectivity index (χ1v) is 7.79. The predicted octanol–water partition coefficient (Wildman–Crippen LogP) is 2.50. The molecule has 0 saturated carbocycles. The maximum atomic E-state index is 4.38. The highest BCUT2D eigenvalue weighted by Gasteiger charge is 2.22. The number of hydrogen-bond acceptors (Lipinski definition) is 5. The van der Waals surface area contributed by atoms with Gasteiger partial charge in [-0.1, -0.05) is 13.8 Å². The normalized spacial score (nSPS) is 19.2. The molecule has 1 unspecified atom stereocenters. The van der Waals surface area contributed by atoms with E-state index in [1.54, 1.807) is 6.33 Å². The van der Waals surface area contributed by atoms with Gasteiger partial charge in [0.05, 0.1) is 0 Å². The molecule has 0 bridgehead atoms. The SMILES string of the molecule is CCCNc1ncnc(NCC2CCCN2CC)c1C. The quantitative estimate of drug-likeness (QED) is 0.802. The fourth-order valence-electron chi connectivity index (χ4n) is 2.81. The average molecular weight is 277 g/mol. The van der Waals surface area contributed by atoms with Crippen LogP contribution in [-0.4, -0.2) is 47.1 Å². The maximum Gasteiger partial charge on any atom is 0.134 e. The summed E-state index contributed by atoms with van der Waals surface area (Å²) in [5.41, 5.74) is 1.11. The molecule has 1 saturated heterocycles. The number of likely N-dealkylation sites (tertiary alicyclic amines) is 1. The van der Waals surface area contributed by atoms with Gasteiger partial charge in [-0.3, -0.25) is 4.90 Å². The van der Waals surface area contributed by atoms with Crippen LogP contribution in [0.5, 0.6) is 0 Å². The molecular weight excluding hydrogens is 250 g/mol. The van der Waals surface area contributed by atoms with E-state index in [0.717, 1.165) is 43.3 Å². The molecule has 0 radical (unpaired) electrons. The van der Waals surface area contributed by atoms with Gasteiger partial charge >= 0.3 is 0 Å². The molecule has 5 nitrogen and oxygen atoms in total. The van der Waals surface area contributed by atoms with Gasteiger partial charge in [-0.25, -0.2) is 9.97 Å². The van der Waals surface area contributed by atoms with Gasteiger partial charge < -0.3 is 10.6 Å². The van der Waals surface area contributed by atoms with Crippen molar-refractivity contribution in [1.82, 2.24) is 14.9 Å². The molecule has 1 aliphatic rings. The molecule has 0 aromatic carbocycles. The second-order valence-corrected chi connectivity index (χ2v) is 5.43. The topological polar surface area (TPSA) is 53.1 Å². The van der Waals surface area contributed by atoms with Crippen LogP contribution in [0.2, 0.25) is 0 Å². The summed E-state index contributed by atoms with van der Waals surface area (Å²) >= 11 is 0. The van der Waals surface area contributed by atoms with Crippen molar-refractivity contribution >= 4 is 11.6 Å². The average Bonchev–Trinajstić information content (AvgIpc) is 2.92. The fraction of sp³-hybridized carbons (Fsp3) is 0.733. The van der Waals surface area contributed by atoms with E-state index in [2.05, 4.69) is 46.3 Å². The highest BCUT2D eigenvalue weighted by molar-refractivity contribution is 5.56. The largest absolute Gasteiger partial charge is 0.370 e. The van der Waals surface area contributed by atoms with Gasteiger partial charge in [-0.15, -0.1) is 0 Å². The monoisotopic (exact) mass is 277 g/mol. The highest BCUT2D eigenvalue weighted by Crippen LogP contribution is 2.20. The number of nitrogens with zero attached hydrogens (tertiary/aromatic N) is 3. The van der Waals surface area contributed by atoms with Gasteiger partial charge in [0.25, 0.3) is 0 Å². The molecular formula is C15H27N5. The van der Waals surface area contributed by atoms with Crippen LogP contribution in [0.1, 0.15) is 38.7 Å². The van der Waals surface area contributed by atoms with Crippen molar-refractivity contribution in [2.45, 2.75) is 46.1 Å². The zero-order valence-electron chi connectivity index (χ0n) is 12.9. The molecule has 1 fully saturated rings. The molecule has 5 heteroatoms. The van der Waals surface area contributed by atoms with Gasteiger partial charge in [0.15, 0.2) is 0 Å². The van der Waals surface area contributed by atoms with Crippen LogP contribution in [0.4, 0.5) is 11.6 Å². The minimum atomic E-state index is 0.640. The van der Waals surface area contributed by atoms with Crippen molar-refractivity contribution < 1.29 is 0 Å². The van der Waals surface area contributed by atoms with Gasteiger partial charge in [0.2, 0.25) is 0 Å². The maximum absolute atomic E-state index is 4.38. The third-order valence-corrected chi connectivity index (χ3v) is 4.04. The molecule has 112 valence electrons. The summed E-state index contributed by atoms with van der Waals surface area (Å²) < 4.78 is 0. The van der Waals surface area contributed by atoms with Crippen LogP contribution in [-0.2, 0) is 0 Å². The molecule has 1 aromatic heterocycles. The minimum Gasteiger partial charge on any atom is -0.370 e. The summed E-state index contributed by atoms with van der Waals surface area (Å²) in [5.74, 6) is 1.91. The first kappa shape index (κ1) is 15.0. The smallest absolute Gasteiger partial charge is 0.134 e. The molecule has 1 aromatic rings. The molecule has 2 rings (SSSR count). The fourth-order valence-corrected chi connectivity index (χ4v) is 2.81. The van der Waals surface area contributed by atoms with E-state index >= 15 is 0 Å². The molecule has 0 spiro atoms. The summed E-state index contributed by atoms with van der Waals surface area (Å²) in [7, 11) is 0. The van der Waals surface area contributed by atoms with Crippen molar-refractivity contribution in [3.63, 3.8) is 0 Å². The first-order valence-electron chi connectivity index (χ1n) is 7.79. The lowest BCUT2D eigenvalue weighted by atomic mass is 10.2. The second kappa shape index (κ2) is 7.43. The lowest BCUT2D eigenvalue weighted by Crippen LogP contribution is -2.34. The van der Waals surface area contributed by atoms with E-state index < -0.39 is 0 Å². The van der Waals surface area contributed by atoms with E-state index in [9.17, 15) is 0 Å². The van der Waals surface area contributed by atoms with E-state index in [1.165, 1.54) is 19.4 Å². The van der Waals surface area contributed by atoms with Crippen molar-refractivity contribution in [3.05, 3.63) is 11.9 Å². The number of likely N-dealkylation sites (N-methyl/N-ethyl adjacent to an activating group) is 1. The Hall–Kier alpha value is -1.36. The highest BCUT2D eigenvalue weighted by atomic mass is 15.2. The Kier molecular flexibility index (Phi) is 5.59. The number of hydrogen-bond donors (Lipinski definition) is 2. The van der Waals surface area contributed by atoms with Crippen molar-refractivity contribution in [3.8, 4) is 0 Å². The summed E-state index contributed by atoms with van der Waals surface area (Å²) in [4.78, 5) is 11.2. The van der Waals surface area contributed by atoms with E-state index in [1.807, 2.05) is 0 Å². The molecule has 1 aliphatic heterocycles. The Morgan fingerprint density at radius 1 is 1.25 bits per heavy atom. The lowest BCUT2D eigenvalue weighted by Gasteiger charge is -2.23. The van der Waals surface area contributed by atoms with Gasteiger partial charge in [-0.05, 0) is 39.3 Å². The third-order valence-electron chi connectivity index (χ3n) is 4.04. The molecule has 0 aliphatic carbocycles. The molecule has 2 heterocycles. The predicted molar refractivity (Wildman–Crippen MR) is 84.3 cm³/mol. The second-order valence-electron chi connectivity index (χ2n) is 5.43. The van der Waals surface area contributed by atoms with Crippen LogP contribution in [0.3, 0.4) is 0 Å². The van der Waals surface area contributed by atoms with Gasteiger partial charge in [0.1, 0.15) is 18.0 Å². The van der Waals surface area contributed by atoms with Crippen molar-refractivity contribution in [1.29, 1.82) is 0 Å². The Balaban J connectivity index is 1.95. The van der Waals surface area contributed by atoms with Gasteiger partial charge in [-0.2, -0.15) is 0 Å². The number of anilines is 2. The minimum absolute atomic E-state index is 0.640. The zero-order chi connectivity index (χ0) is 14.4. The Labute approximate surface area is 122 Å². The van der Waals surface area contributed by atoms with Crippen molar-refractivity contribution in [2.75, 3.05) is 36.8 Å². The van der Waals surface area contributed by atoms with Crippen LogP contribution in [0.15, 0.2) is 6.33 Å². The van der Waals surface area contributed by atoms with Crippen LogP contribution >= 0.6 is 0 Å². The van der Waals surface area contributed by atoms with Crippen LogP contribution in [0, 0.1) is 6.92 Å². The summed E-state index contributed by atoms with van der Waals surface area (Å²) in [6, 6.07) is 0.640. The molecule has 20 heavy (non-hydrogen) atoms. The Morgan fingerprint density at radius 3 is 2.70 bits per heavy atom. The van der Waals surface area contributed by atoms with E-state index in [0.29, 0.717) is 6.04 Å². The molecule has 2 N–H and O–H groups in total. The van der Waals surface area contributed by atoms with Gasteiger partial charge in [0, 0.05) is 24.7 Å².